The predicted molar refractivity (Wildman–Crippen MR) is 197 cm³/mol. The molecule has 6 bridgehead atoms. The molecule has 50 heavy (non-hydrogen) atoms. The maximum absolute atomic E-state index is 11.3. The second kappa shape index (κ2) is 12.5. The standard InChI is InChI=1S/C45H65NO4/c1-41(34-9-7-8-30(23-34)15-21-47)40-33-10-12-35(29-48)45(40,46)39-14-20-43(18-3-2-4-19-43)38-25-37(49)13-11-32(38)22-31-24-36(44(39,27-33)50-41)28-42(26-31)16-5-6-17-42/h11,13,25,30-31,33-36,39-40,47-49H,2-10,12,15-19,21-24,26-29,46H2,1H3. The van der Waals surface area contributed by atoms with E-state index in [9.17, 15) is 15.3 Å². The lowest BCUT2D eigenvalue weighted by Crippen LogP contribution is -2.84. The zero-order valence-corrected chi connectivity index (χ0v) is 30.9. The number of hydrogen-bond donors (Lipinski definition) is 4. The summed E-state index contributed by atoms with van der Waals surface area (Å²) >= 11 is 0. The van der Waals surface area contributed by atoms with Crippen molar-refractivity contribution in [2.24, 2.45) is 58.5 Å². The molecule has 5 nitrogen and oxygen atoms in total. The van der Waals surface area contributed by atoms with Crippen LogP contribution in [-0.4, -0.2) is 45.3 Å². The lowest BCUT2D eigenvalue weighted by molar-refractivity contribution is -0.362. The van der Waals surface area contributed by atoms with Crippen LogP contribution >= 0.6 is 0 Å². The number of aliphatic hydroxyl groups excluding tert-OH is 2. The minimum Gasteiger partial charge on any atom is -0.508 e. The first-order valence-corrected chi connectivity index (χ1v) is 21.2. The molecular formula is C45H65NO4. The van der Waals surface area contributed by atoms with Gasteiger partial charge in [-0.25, -0.2) is 0 Å². The topological polar surface area (TPSA) is 95.9 Å². The van der Waals surface area contributed by atoms with Crippen molar-refractivity contribution in [3.63, 3.8) is 0 Å². The van der Waals surface area contributed by atoms with Gasteiger partial charge < -0.3 is 25.8 Å². The SMILES string of the molecule is CC1(C2CCCC(CCO)C2)OC23CC4CCC(CO)C(N)(C41)C2C#CC1(CCCCC1)c1cc(O)ccc1CC1CC3CC2(CCCC2)C1. The summed E-state index contributed by atoms with van der Waals surface area (Å²) in [5.74, 6) is 11.1. The van der Waals surface area contributed by atoms with Crippen molar-refractivity contribution in [2.45, 2.75) is 164 Å². The van der Waals surface area contributed by atoms with E-state index in [-0.39, 0.29) is 42.0 Å². The summed E-state index contributed by atoms with van der Waals surface area (Å²) in [5.41, 5.74) is 9.65. The Morgan fingerprint density at radius 3 is 2.46 bits per heavy atom. The first kappa shape index (κ1) is 34.2. The number of phenols is 1. The van der Waals surface area contributed by atoms with E-state index < -0.39 is 11.1 Å². The number of rotatable bonds is 4. The van der Waals surface area contributed by atoms with Crippen molar-refractivity contribution in [1.82, 2.24) is 0 Å². The molecular weight excluding hydrogens is 618 g/mol. The van der Waals surface area contributed by atoms with E-state index in [1.807, 2.05) is 6.07 Å². The molecule has 5 N–H and O–H groups in total. The van der Waals surface area contributed by atoms with Crippen LogP contribution < -0.4 is 5.73 Å². The lowest BCUT2D eigenvalue weighted by atomic mass is 9.38. The van der Waals surface area contributed by atoms with Gasteiger partial charge in [0.1, 0.15) is 5.75 Å². The van der Waals surface area contributed by atoms with Crippen molar-refractivity contribution in [1.29, 1.82) is 0 Å². The number of fused-ring (bicyclic) bond motifs is 5. The predicted octanol–water partition coefficient (Wildman–Crippen LogP) is 8.20. The molecule has 2 heterocycles. The number of benzene rings is 1. The minimum absolute atomic E-state index is 0.0198. The van der Waals surface area contributed by atoms with Gasteiger partial charge in [0.25, 0.3) is 0 Å². The van der Waals surface area contributed by atoms with Gasteiger partial charge in [-0.15, -0.1) is 0 Å². The summed E-state index contributed by atoms with van der Waals surface area (Å²) in [6.07, 6.45) is 24.6. The number of ether oxygens (including phenoxy) is 1. The summed E-state index contributed by atoms with van der Waals surface area (Å²) in [5, 5.41) is 32.2. The second-order valence-electron chi connectivity index (χ2n) is 19.7. The normalized spacial score (nSPS) is 45.6. The van der Waals surface area contributed by atoms with Crippen molar-refractivity contribution >= 4 is 0 Å². The average Bonchev–Trinajstić information content (AvgIpc) is 3.55. The highest BCUT2D eigenvalue weighted by molar-refractivity contribution is 5.47. The van der Waals surface area contributed by atoms with Crippen LogP contribution in [-0.2, 0) is 16.6 Å². The molecule has 0 radical (unpaired) electrons. The maximum atomic E-state index is 11.3. The van der Waals surface area contributed by atoms with E-state index in [0.717, 1.165) is 64.2 Å². The molecule has 5 heteroatoms. The number of aromatic hydroxyl groups is 1. The molecule has 7 aliphatic carbocycles. The molecule has 274 valence electrons. The molecule has 2 saturated heterocycles. The van der Waals surface area contributed by atoms with Crippen LogP contribution in [0.2, 0.25) is 0 Å². The first-order chi connectivity index (χ1) is 24.2. The Bertz CT molecular complexity index is 1500. The van der Waals surface area contributed by atoms with E-state index in [1.54, 1.807) is 0 Å². The Morgan fingerprint density at radius 1 is 0.880 bits per heavy atom. The smallest absolute Gasteiger partial charge is 0.115 e. The van der Waals surface area contributed by atoms with E-state index in [4.69, 9.17) is 10.5 Å². The molecule has 1 aromatic rings. The second-order valence-corrected chi connectivity index (χ2v) is 19.7. The highest BCUT2D eigenvalue weighted by atomic mass is 16.5. The Kier molecular flexibility index (Phi) is 8.55. The van der Waals surface area contributed by atoms with E-state index in [2.05, 4.69) is 30.9 Å². The van der Waals surface area contributed by atoms with Gasteiger partial charge in [-0.05, 0) is 155 Å². The Morgan fingerprint density at radius 2 is 1.68 bits per heavy atom. The quantitative estimate of drug-likeness (QED) is 0.240. The van der Waals surface area contributed by atoms with Crippen LogP contribution in [0.4, 0.5) is 0 Å². The zero-order chi connectivity index (χ0) is 34.4. The van der Waals surface area contributed by atoms with Crippen molar-refractivity contribution in [3.8, 4) is 17.6 Å². The molecule has 0 aromatic heterocycles. The largest absolute Gasteiger partial charge is 0.508 e. The van der Waals surface area contributed by atoms with E-state index in [0.29, 0.717) is 40.8 Å². The molecule has 8 fully saturated rings. The van der Waals surface area contributed by atoms with Crippen LogP contribution in [0.3, 0.4) is 0 Å². The molecule has 1 aromatic carbocycles. The first-order valence-electron chi connectivity index (χ1n) is 21.2. The molecule has 3 spiro atoms. The molecule has 11 atom stereocenters. The van der Waals surface area contributed by atoms with Crippen LogP contribution in [0.5, 0.6) is 5.75 Å². The van der Waals surface area contributed by atoms with Gasteiger partial charge in [0.2, 0.25) is 0 Å². The van der Waals surface area contributed by atoms with Crippen molar-refractivity contribution in [2.75, 3.05) is 13.2 Å². The van der Waals surface area contributed by atoms with Crippen LogP contribution in [0.15, 0.2) is 18.2 Å². The maximum Gasteiger partial charge on any atom is 0.115 e. The number of hydrogen-bond acceptors (Lipinski definition) is 5. The fourth-order valence-corrected chi connectivity index (χ4v) is 15.4. The number of phenolic OH excluding ortho intramolecular Hbond substituents is 1. The van der Waals surface area contributed by atoms with Gasteiger partial charge in [-0.1, -0.05) is 62.9 Å². The molecule has 9 aliphatic rings. The fraction of sp³-hybridized carbons (Fsp3) is 0.822. The Balaban J connectivity index is 1.26. The molecule has 11 unspecified atom stereocenters. The van der Waals surface area contributed by atoms with Crippen LogP contribution in [0.25, 0.3) is 0 Å². The molecule has 2 aliphatic heterocycles. The van der Waals surface area contributed by atoms with Crippen molar-refractivity contribution < 1.29 is 20.1 Å². The number of aliphatic hydroxyl groups is 2. The average molecular weight is 684 g/mol. The van der Waals surface area contributed by atoms with Gasteiger partial charge in [-0.3, -0.25) is 0 Å². The zero-order valence-electron chi connectivity index (χ0n) is 30.9. The summed E-state index contributed by atoms with van der Waals surface area (Å²) < 4.78 is 8.19. The molecule has 10 rings (SSSR count). The number of nitrogens with two attached hydrogens (primary N) is 1. The Labute approximate surface area is 301 Å². The van der Waals surface area contributed by atoms with Gasteiger partial charge in [0, 0.05) is 30.6 Å². The highest BCUT2D eigenvalue weighted by Crippen LogP contribution is 2.71. The van der Waals surface area contributed by atoms with E-state index >= 15 is 0 Å². The highest BCUT2D eigenvalue weighted by Gasteiger charge is 2.76. The van der Waals surface area contributed by atoms with Gasteiger partial charge in [-0.2, -0.15) is 0 Å². The van der Waals surface area contributed by atoms with Gasteiger partial charge in [0.05, 0.1) is 22.5 Å². The van der Waals surface area contributed by atoms with Gasteiger partial charge in [0.15, 0.2) is 0 Å². The summed E-state index contributed by atoms with van der Waals surface area (Å²) in [6.45, 7) is 2.87. The third-order valence-corrected chi connectivity index (χ3v) is 17.2. The minimum atomic E-state index is -0.610. The third-order valence-electron chi connectivity index (χ3n) is 17.2. The van der Waals surface area contributed by atoms with Crippen LogP contribution in [0.1, 0.15) is 146 Å². The Hall–Kier alpha value is -1.58. The third kappa shape index (κ3) is 5.07. The van der Waals surface area contributed by atoms with E-state index in [1.165, 1.54) is 81.8 Å². The van der Waals surface area contributed by atoms with Crippen LogP contribution in [0, 0.1) is 64.6 Å². The monoisotopic (exact) mass is 683 g/mol. The van der Waals surface area contributed by atoms with Crippen molar-refractivity contribution in [3.05, 3.63) is 29.3 Å². The summed E-state index contributed by atoms with van der Waals surface area (Å²) in [6, 6.07) is 6.27. The lowest BCUT2D eigenvalue weighted by Gasteiger charge is -2.75. The molecule has 0 amide bonds. The summed E-state index contributed by atoms with van der Waals surface area (Å²) in [7, 11) is 0. The van der Waals surface area contributed by atoms with Gasteiger partial charge >= 0.3 is 0 Å². The fourth-order valence-electron chi connectivity index (χ4n) is 15.4. The summed E-state index contributed by atoms with van der Waals surface area (Å²) in [4.78, 5) is 0. The molecule has 6 saturated carbocycles.